The zero-order valence-corrected chi connectivity index (χ0v) is 18.6. The molecule has 160 valence electrons. The number of piperidine rings is 1. The molecular formula is C21H24NO6S2+. The highest BCUT2D eigenvalue weighted by Gasteiger charge is 2.71. The molecule has 5 rings (SSSR count). The van der Waals surface area contributed by atoms with E-state index in [0.29, 0.717) is 26.7 Å². The van der Waals surface area contributed by atoms with Gasteiger partial charge in [0.15, 0.2) is 0 Å². The Bertz CT molecular complexity index is 966. The Morgan fingerprint density at radius 3 is 2.47 bits per heavy atom. The summed E-state index contributed by atoms with van der Waals surface area (Å²) in [6.07, 6.45) is 1.68. The minimum absolute atomic E-state index is 0.254. The van der Waals surface area contributed by atoms with Gasteiger partial charge in [-0.1, -0.05) is 6.07 Å². The van der Waals surface area contributed by atoms with Gasteiger partial charge in [-0.05, 0) is 23.6 Å². The molecule has 0 radical (unpaired) electrons. The number of thiophene rings is 2. The van der Waals surface area contributed by atoms with Crippen LogP contribution in [0.3, 0.4) is 0 Å². The lowest BCUT2D eigenvalue weighted by molar-refractivity contribution is -0.938. The molecule has 3 fully saturated rings. The molecule has 3 aliphatic heterocycles. The summed E-state index contributed by atoms with van der Waals surface area (Å²) in [6, 6.07) is 7.23. The molecule has 2 aromatic rings. The van der Waals surface area contributed by atoms with Crippen molar-refractivity contribution in [3.8, 4) is 0 Å². The average molecular weight is 451 g/mol. The number of carbonyl (C=O) groups is 2. The zero-order valence-electron chi connectivity index (χ0n) is 16.9. The van der Waals surface area contributed by atoms with E-state index < -0.39 is 17.5 Å². The number of hydrogen-bond donors (Lipinski definition) is 1. The van der Waals surface area contributed by atoms with Gasteiger partial charge in [0.1, 0.15) is 35.3 Å². The number of carbonyl (C=O) groups excluding carboxylic acids is 2. The quantitative estimate of drug-likeness (QED) is 0.427. The summed E-state index contributed by atoms with van der Waals surface area (Å²) in [6.45, 7) is 0. The molecule has 0 amide bonds. The first-order chi connectivity index (χ1) is 14.3. The van der Waals surface area contributed by atoms with Crippen molar-refractivity contribution in [3.63, 3.8) is 0 Å². The summed E-state index contributed by atoms with van der Waals surface area (Å²) >= 11 is 2.32. The van der Waals surface area contributed by atoms with Crippen LogP contribution < -0.4 is 0 Å². The van der Waals surface area contributed by atoms with Crippen molar-refractivity contribution in [3.05, 3.63) is 44.3 Å². The van der Waals surface area contributed by atoms with E-state index in [0.717, 1.165) is 28.7 Å². The molecule has 3 aliphatic rings. The van der Waals surface area contributed by atoms with E-state index in [1.807, 2.05) is 0 Å². The van der Waals surface area contributed by atoms with E-state index in [4.69, 9.17) is 14.2 Å². The third-order valence-corrected chi connectivity index (χ3v) is 8.99. The van der Waals surface area contributed by atoms with Crippen LogP contribution in [0.4, 0.5) is 0 Å². The van der Waals surface area contributed by atoms with Crippen LogP contribution in [-0.2, 0) is 24.6 Å². The van der Waals surface area contributed by atoms with Crippen molar-refractivity contribution < 1.29 is 33.4 Å². The molecule has 1 N–H and O–H groups in total. The van der Waals surface area contributed by atoms with Crippen LogP contribution >= 0.6 is 22.7 Å². The monoisotopic (exact) mass is 450 g/mol. The third-order valence-electron chi connectivity index (χ3n) is 6.83. The van der Waals surface area contributed by atoms with Crippen molar-refractivity contribution in [2.45, 2.75) is 48.8 Å². The molecule has 2 bridgehead atoms. The fourth-order valence-electron chi connectivity index (χ4n) is 5.09. The molecule has 0 saturated carbocycles. The van der Waals surface area contributed by atoms with Crippen LogP contribution in [0.25, 0.3) is 0 Å². The van der Waals surface area contributed by atoms with E-state index >= 15 is 0 Å². The van der Waals surface area contributed by atoms with Crippen molar-refractivity contribution in [2.75, 3.05) is 21.2 Å². The number of likely N-dealkylation sites (N-methyl/N-ethyl adjacent to an activating group) is 1. The van der Waals surface area contributed by atoms with Crippen molar-refractivity contribution in [1.82, 2.24) is 0 Å². The molecule has 1 unspecified atom stereocenters. The number of esters is 2. The Balaban J connectivity index is 1.41. The summed E-state index contributed by atoms with van der Waals surface area (Å²) in [5.74, 6) is -1.20. The topological polar surface area (TPSA) is 85.4 Å². The first-order valence-corrected chi connectivity index (χ1v) is 11.6. The van der Waals surface area contributed by atoms with Crippen molar-refractivity contribution >= 4 is 34.6 Å². The number of methoxy groups -OCH3 is 1. The summed E-state index contributed by atoms with van der Waals surface area (Å²) in [5.41, 5.74) is -1.95. The van der Waals surface area contributed by atoms with Gasteiger partial charge in [-0.2, -0.15) is 0 Å². The standard InChI is InChI=1S/C21H24NO6S2/c1-22(2)12-9-11(10-13(22)18-17(12)28-18)27-20(24)21(25,15-5-4-8-29-15)16-7-6-14(30-16)19(23)26-3/h4-8,11-13,17-18,25H,9-10H2,1-3H3/q+1/t11-,12-,13+,17-,18+,21?. The molecule has 9 heteroatoms. The van der Waals surface area contributed by atoms with Crippen LogP contribution in [-0.4, -0.2) is 73.1 Å². The van der Waals surface area contributed by atoms with Crippen LogP contribution in [0.2, 0.25) is 0 Å². The van der Waals surface area contributed by atoms with E-state index in [1.54, 1.807) is 29.6 Å². The molecule has 2 aromatic heterocycles. The normalized spacial score (nSPS) is 32.7. The lowest BCUT2D eigenvalue weighted by Crippen LogP contribution is -2.60. The molecule has 30 heavy (non-hydrogen) atoms. The minimum atomic E-state index is -1.95. The maximum Gasteiger partial charge on any atom is 0.349 e. The number of nitrogens with zero attached hydrogens (tertiary/aromatic N) is 1. The zero-order chi connectivity index (χ0) is 21.3. The number of morpholine rings is 1. The Hall–Kier alpha value is -1.78. The second kappa shape index (κ2) is 6.86. The largest absolute Gasteiger partial charge is 0.465 e. The van der Waals surface area contributed by atoms with E-state index in [1.165, 1.54) is 18.4 Å². The number of ether oxygens (including phenoxy) is 3. The fraction of sp³-hybridized carbons (Fsp3) is 0.524. The SMILES string of the molecule is COC(=O)c1ccc(C(O)(C(=O)O[C@@H]2C[C@@H]3[C@H]4O[C@H]4[C@H](C2)[N+]3(C)C)c2cccs2)s1. The molecule has 0 aliphatic carbocycles. The van der Waals surface area contributed by atoms with Crippen LogP contribution in [0.1, 0.15) is 32.3 Å². The van der Waals surface area contributed by atoms with Gasteiger partial charge in [-0.15, -0.1) is 22.7 Å². The van der Waals surface area contributed by atoms with Gasteiger partial charge in [-0.25, -0.2) is 9.59 Å². The van der Waals surface area contributed by atoms with Crippen molar-refractivity contribution in [2.24, 2.45) is 0 Å². The summed E-state index contributed by atoms with van der Waals surface area (Å²) in [4.78, 5) is 26.4. The molecule has 5 heterocycles. The predicted molar refractivity (Wildman–Crippen MR) is 110 cm³/mol. The smallest absolute Gasteiger partial charge is 0.349 e. The Kier molecular flexibility index (Phi) is 4.61. The summed E-state index contributed by atoms with van der Waals surface area (Å²) in [5, 5.41) is 13.4. The lowest BCUT2D eigenvalue weighted by atomic mass is 9.95. The lowest BCUT2D eigenvalue weighted by Gasteiger charge is -2.45. The van der Waals surface area contributed by atoms with Gasteiger partial charge in [0.25, 0.3) is 0 Å². The van der Waals surface area contributed by atoms with Gasteiger partial charge < -0.3 is 23.8 Å². The molecule has 3 saturated heterocycles. The number of quaternary nitrogens is 1. The molecule has 0 spiro atoms. The Morgan fingerprint density at radius 2 is 1.87 bits per heavy atom. The van der Waals surface area contributed by atoms with E-state index in [-0.39, 0.29) is 18.3 Å². The highest BCUT2D eigenvalue weighted by atomic mass is 32.1. The van der Waals surface area contributed by atoms with Gasteiger partial charge in [-0.3, -0.25) is 0 Å². The Morgan fingerprint density at radius 1 is 1.17 bits per heavy atom. The summed E-state index contributed by atoms with van der Waals surface area (Å²) in [7, 11) is 5.73. The first-order valence-electron chi connectivity index (χ1n) is 9.91. The highest BCUT2D eigenvalue weighted by molar-refractivity contribution is 7.14. The van der Waals surface area contributed by atoms with Gasteiger partial charge in [0.2, 0.25) is 5.60 Å². The van der Waals surface area contributed by atoms with Gasteiger partial charge in [0, 0.05) is 12.8 Å². The summed E-state index contributed by atoms with van der Waals surface area (Å²) < 4.78 is 17.4. The van der Waals surface area contributed by atoms with Crippen LogP contribution in [0, 0.1) is 0 Å². The molecule has 0 aromatic carbocycles. The second-order valence-electron chi connectivity index (χ2n) is 8.67. The van der Waals surface area contributed by atoms with Crippen LogP contribution in [0.5, 0.6) is 0 Å². The number of hydrogen-bond acceptors (Lipinski definition) is 8. The minimum Gasteiger partial charge on any atom is -0.465 e. The number of fused-ring (bicyclic) bond motifs is 5. The van der Waals surface area contributed by atoms with Crippen molar-refractivity contribution in [1.29, 1.82) is 0 Å². The maximum atomic E-state index is 13.4. The molecular weight excluding hydrogens is 426 g/mol. The second-order valence-corrected chi connectivity index (χ2v) is 10.7. The number of rotatable bonds is 5. The third kappa shape index (κ3) is 2.87. The number of epoxide rings is 1. The maximum absolute atomic E-state index is 13.4. The van der Waals surface area contributed by atoms with E-state index in [9.17, 15) is 14.7 Å². The highest BCUT2D eigenvalue weighted by Crippen LogP contribution is 2.52. The van der Waals surface area contributed by atoms with Crippen LogP contribution in [0.15, 0.2) is 29.6 Å². The fourth-order valence-corrected chi connectivity index (χ4v) is 6.99. The predicted octanol–water partition coefficient (Wildman–Crippen LogP) is 2.13. The number of aliphatic hydroxyl groups is 1. The Labute approximate surface area is 182 Å². The van der Waals surface area contributed by atoms with Gasteiger partial charge in [0.05, 0.1) is 31.0 Å². The molecule has 6 atom stereocenters. The molecule has 7 nitrogen and oxygen atoms in total. The first kappa shape index (κ1) is 20.1. The average Bonchev–Trinajstić information content (AvgIpc) is 3.07. The van der Waals surface area contributed by atoms with E-state index in [2.05, 4.69) is 14.1 Å². The van der Waals surface area contributed by atoms with Gasteiger partial charge >= 0.3 is 11.9 Å².